The molecule has 1 aliphatic rings. The van der Waals surface area contributed by atoms with Crippen molar-refractivity contribution in [2.75, 3.05) is 6.54 Å². The van der Waals surface area contributed by atoms with Gasteiger partial charge in [-0.05, 0) is 71.3 Å². The fourth-order valence-corrected chi connectivity index (χ4v) is 5.13. The Kier molecular flexibility index (Phi) is 7.50. The molecule has 9 heteroatoms. The van der Waals surface area contributed by atoms with Gasteiger partial charge >= 0.3 is 12.0 Å². The molecule has 1 aliphatic heterocycles. The van der Waals surface area contributed by atoms with Crippen LogP contribution in [0, 0.1) is 8.78 Å². The van der Waals surface area contributed by atoms with E-state index < -0.39 is 11.7 Å². The number of hydrogen-bond acceptors (Lipinski definition) is 4. The summed E-state index contributed by atoms with van der Waals surface area (Å²) in [5.74, 6) is 0.423. The molecule has 1 saturated heterocycles. The van der Waals surface area contributed by atoms with Crippen molar-refractivity contribution in [3.8, 4) is 0 Å². The van der Waals surface area contributed by atoms with Gasteiger partial charge in [0.05, 0.1) is 17.8 Å². The number of likely N-dealkylation sites (tertiary alicyclic amines) is 1. The molecular formula is C24H24F3IN4O. The molecule has 1 fully saturated rings. The van der Waals surface area contributed by atoms with Crippen molar-refractivity contribution in [2.24, 2.45) is 0 Å². The molecular weight excluding hydrogens is 544 g/mol. The summed E-state index contributed by atoms with van der Waals surface area (Å²) in [7, 11) is 0. The first-order valence-corrected chi connectivity index (χ1v) is 11.8. The van der Waals surface area contributed by atoms with E-state index in [1.54, 1.807) is 18.3 Å². The third-order valence-corrected chi connectivity index (χ3v) is 6.48. The minimum Gasteiger partial charge on any atom is -0.711 e. The molecule has 2 aromatic carbocycles. The van der Waals surface area contributed by atoms with Crippen LogP contribution in [0.2, 0.25) is 0 Å². The normalized spacial score (nSPS) is 19.5. The summed E-state index contributed by atoms with van der Waals surface area (Å²) >= 11 is 1.92. The number of nitrogens with one attached hydrogen (secondary N) is 1. The van der Waals surface area contributed by atoms with Crippen LogP contribution in [0.3, 0.4) is 0 Å². The number of alkyl halides is 3. The van der Waals surface area contributed by atoms with Crippen molar-refractivity contribution in [3.63, 3.8) is 0 Å². The van der Waals surface area contributed by atoms with Gasteiger partial charge in [0.2, 0.25) is 0 Å². The fourth-order valence-electron chi connectivity index (χ4n) is 4.40. The van der Waals surface area contributed by atoms with E-state index in [1.165, 1.54) is 12.3 Å². The van der Waals surface area contributed by atoms with Crippen LogP contribution in [0.5, 0.6) is 0 Å². The van der Waals surface area contributed by atoms with Crippen LogP contribution >= 0.6 is 22.6 Å². The summed E-state index contributed by atoms with van der Waals surface area (Å²) in [6.45, 7) is 1.52. The molecule has 0 bridgehead atoms. The van der Waals surface area contributed by atoms with Gasteiger partial charge < -0.3 is 10.5 Å². The van der Waals surface area contributed by atoms with Crippen LogP contribution in [-0.2, 0) is 19.3 Å². The second-order valence-electron chi connectivity index (χ2n) is 8.16. The molecule has 0 spiro atoms. The van der Waals surface area contributed by atoms with E-state index in [-0.39, 0.29) is 12.1 Å². The molecule has 0 radical (unpaired) electrons. The van der Waals surface area contributed by atoms with Gasteiger partial charge in [-0.25, -0.2) is 4.73 Å². The Bertz CT molecular complexity index is 1080. The number of piperidine rings is 1. The Balaban J connectivity index is 1.57. The van der Waals surface area contributed by atoms with Crippen LogP contribution < -0.4 is 10.0 Å². The molecule has 0 saturated carbocycles. The minimum absolute atomic E-state index is 0.0113. The smallest absolute Gasteiger partial charge is 0.416 e. The third-order valence-electron chi connectivity index (χ3n) is 5.86. The van der Waals surface area contributed by atoms with Crippen LogP contribution in [0.25, 0.3) is 0 Å². The number of nitrogens with zero attached hydrogens (tertiary/aromatic N) is 3. The van der Waals surface area contributed by atoms with E-state index in [0.717, 1.165) is 35.7 Å². The molecule has 0 amide bonds. The standard InChI is InChI=1S/C24H24F3IN4O/c25-24(26,27)19-12-17(13-20(28)14-19)15-30-21-8-4-10-31(16-22-29-9-5-11-32(22)33)23(21)18-6-2-1-3-7-18/h1-3,5-7,9,11-14,21,23,30H,4,8,10,15-16H2/t21-,23-/m0/s1. The molecule has 1 N–H and O–H groups in total. The van der Waals surface area contributed by atoms with Crippen LogP contribution in [0.4, 0.5) is 13.2 Å². The molecule has 5 nitrogen and oxygen atoms in total. The summed E-state index contributed by atoms with van der Waals surface area (Å²) in [4.78, 5) is 6.47. The van der Waals surface area contributed by atoms with E-state index in [1.807, 2.05) is 40.8 Å². The van der Waals surface area contributed by atoms with Crippen LogP contribution in [-0.4, -0.2) is 22.5 Å². The number of halogens is 4. The lowest BCUT2D eigenvalue weighted by Crippen LogP contribution is -2.49. The maximum absolute atomic E-state index is 13.3. The van der Waals surface area contributed by atoms with E-state index in [4.69, 9.17) is 0 Å². The van der Waals surface area contributed by atoms with Gasteiger partial charge in [-0.1, -0.05) is 35.3 Å². The predicted octanol–water partition coefficient (Wildman–Crippen LogP) is 4.83. The largest absolute Gasteiger partial charge is 0.711 e. The maximum atomic E-state index is 13.3. The van der Waals surface area contributed by atoms with Gasteiger partial charge in [0, 0.05) is 22.2 Å². The van der Waals surface area contributed by atoms with Crippen molar-refractivity contribution >= 4 is 22.6 Å². The Morgan fingerprint density at radius 2 is 1.94 bits per heavy atom. The van der Waals surface area contributed by atoms with E-state index in [9.17, 15) is 18.4 Å². The highest BCUT2D eigenvalue weighted by Crippen LogP contribution is 2.33. The van der Waals surface area contributed by atoms with E-state index >= 15 is 0 Å². The zero-order valence-corrected chi connectivity index (χ0v) is 20.0. The van der Waals surface area contributed by atoms with Crippen molar-refractivity contribution in [1.82, 2.24) is 15.2 Å². The zero-order valence-electron chi connectivity index (χ0n) is 17.8. The lowest BCUT2D eigenvalue weighted by Gasteiger charge is -2.41. The first-order valence-electron chi connectivity index (χ1n) is 10.7. The average molecular weight is 568 g/mol. The first-order chi connectivity index (χ1) is 15.8. The van der Waals surface area contributed by atoms with Gasteiger partial charge in [0.25, 0.3) is 0 Å². The molecule has 174 valence electrons. The molecule has 2 heterocycles. The Labute approximate surface area is 204 Å². The zero-order chi connectivity index (χ0) is 23.4. The molecule has 0 aliphatic carbocycles. The van der Waals surface area contributed by atoms with Gasteiger partial charge in [0.15, 0.2) is 0 Å². The molecule has 4 rings (SSSR count). The first kappa shape index (κ1) is 23.9. The number of rotatable bonds is 6. The van der Waals surface area contributed by atoms with Crippen molar-refractivity contribution in [2.45, 2.75) is 44.2 Å². The lowest BCUT2D eigenvalue weighted by atomic mass is 9.90. The van der Waals surface area contributed by atoms with Crippen molar-refractivity contribution in [1.29, 1.82) is 0 Å². The summed E-state index contributed by atoms with van der Waals surface area (Å²) in [5.41, 5.74) is 1.06. The van der Waals surface area contributed by atoms with E-state index in [0.29, 0.717) is 28.0 Å². The second kappa shape index (κ2) is 10.4. The summed E-state index contributed by atoms with van der Waals surface area (Å²) in [6.07, 6.45) is 0.462. The molecule has 1 aromatic heterocycles. The quantitative estimate of drug-likeness (QED) is 0.263. The average Bonchev–Trinajstić information content (AvgIpc) is 2.79. The SMILES string of the molecule is [O-][n+]1cccnc1CN1CCC[C@H](NCc2cc(I)cc(C(F)(F)F)c2)[C@@H]1c1ccccc1. The monoisotopic (exact) mass is 568 g/mol. The summed E-state index contributed by atoms with van der Waals surface area (Å²) in [6, 6.07) is 15.7. The summed E-state index contributed by atoms with van der Waals surface area (Å²) < 4.78 is 41.1. The van der Waals surface area contributed by atoms with E-state index in [2.05, 4.69) is 27.3 Å². The van der Waals surface area contributed by atoms with Gasteiger partial charge in [-0.15, -0.1) is 0 Å². The molecule has 2 atom stereocenters. The van der Waals surface area contributed by atoms with Crippen molar-refractivity contribution in [3.05, 3.63) is 98.3 Å². The highest BCUT2D eigenvalue weighted by molar-refractivity contribution is 14.1. The number of aromatic nitrogens is 2. The Morgan fingerprint density at radius 3 is 2.67 bits per heavy atom. The fraction of sp³-hybridized carbons (Fsp3) is 0.333. The molecule has 0 unspecified atom stereocenters. The van der Waals surface area contributed by atoms with Gasteiger partial charge in [-0.3, -0.25) is 4.90 Å². The van der Waals surface area contributed by atoms with Crippen LogP contribution in [0.1, 0.15) is 41.4 Å². The van der Waals surface area contributed by atoms with Gasteiger partial charge in [-0.2, -0.15) is 13.2 Å². The third kappa shape index (κ3) is 6.01. The maximum Gasteiger partial charge on any atom is 0.416 e. The van der Waals surface area contributed by atoms with Crippen LogP contribution in [0.15, 0.2) is 67.0 Å². The minimum atomic E-state index is -4.37. The molecule has 33 heavy (non-hydrogen) atoms. The van der Waals surface area contributed by atoms with Gasteiger partial charge in [0.1, 0.15) is 12.7 Å². The number of hydrogen-bond donors (Lipinski definition) is 1. The predicted molar refractivity (Wildman–Crippen MR) is 127 cm³/mol. The second-order valence-corrected chi connectivity index (χ2v) is 9.41. The highest BCUT2D eigenvalue weighted by atomic mass is 127. The lowest BCUT2D eigenvalue weighted by molar-refractivity contribution is -0.619. The highest BCUT2D eigenvalue weighted by Gasteiger charge is 2.34. The topological polar surface area (TPSA) is 55.1 Å². The number of benzene rings is 2. The molecule has 3 aromatic rings. The summed E-state index contributed by atoms with van der Waals surface area (Å²) in [5, 5.41) is 15.7. The Hall–Kier alpha value is -2.24. The Morgan fingerprint density at radius 1 is 1.15 bits per heavy atom. The van der Waals surface area contributed by atoms with Crippen molar-refractivity contribution < 1.29 is 17.9 Å².